The third-order valence-electron chi connectivity index (χ3n) is 4.28. The Kier molecular flexibility index (Phi) is 3.63. The van der Waals surface area contributed by atoms with Crippen molar-refractivity contribution in [1.29, 1.82) is 0 Å². The van der Waals surface area contributed by atoms with Crippen LogP contribution in [0.1, 0.15) is 26.7 Å². The quantitative estimate of drug-likeness (QED) is 0.741. The number of hydrogen-bond acceptors (Lipinski definition) is 4. The standard InChI is InChI=1S/C14H25NO3/c1-11(2)18-10-14(3-4-14)9-15-7-12-13(8-15)17-6-5-16-12/h11-13H,3-10H2,1-2H3. The second-order valence-corrected chi connectivity index (χ2v) is 6.37. The highest BCUT2D eigenvalue weighted by molar-refractivity contribution is 4.99. The lowest BCUT2D eigenvalue weighted by molar-refractivity contribution is -0.116. The zero-order chi connectivity index (χ0) is 12.6. The van der Waals surface area contributed by atoms with Crippen molar-refractivity contribution in [3.63, 3.8) is 0 Å². The highest BCUT2D eigenvalue weighted by atomic mass is 16.6. The van der Waals surface area contributed by atoms with Crippen LogP contribution in [0.3, 0.4) is 0 Å². The van der Waals surface area contributed by atoms with Gasteiger partial charge in [0.1, 0.15) is 0 Å². The maximum Gasteiger partial charge on any atom is 0.0976 e. The van der Waals surface area contributed by atoms with Crippen LogP contribution in [0.5, 0.6) is 0 Å². The molecule has 3 aliphatic rings. The van der Waals surface area contributed by atoms with Crippen LogP contribution in [-0.4, -0.2) is 62.7 Å². The van der Waals surface area contributed by atoms with Gasteiger partial charge in [0.05, 0.1) is 38.1 Å². The van der Waals surface area contributed by atoms with Crippen LogP contribution in [0.2, 0.25) is 0 Å². The summed E-state index contributed by atoms with van der Waals surface area (Å²) in [6.07, 6.45) is 3.58. The van der Waals surface area contributed by atoms with E-state index in [1.807, 2.05) is 0 Å². The number of nitrogens with zero attached hydrogens (tertiary/aromatic N) is 1. The summed E-state index contributed by atoms with van der Waals surface area (Å²) in [4.78, 5) is 2.51. The van der Waals surface area contributed by atoms with E-state index in [1.165, 1.54) is 12.8 Å². The average molecular weight is 255 g/mol. The Labute approximate surface area is 110 Å². The van der Waals surface area contributed by atoms with Crippen LogP contribution in [0, 0.1) is 5.41 Å². The van der Waals surface area contributed by atoms with Gasteiger partial charge in [0, 0.05) is 25.0 Å². The lowest BCUT2D eigenvalue weighted by Crippen LogP contribution is -2.36. The molecule has 0 aromatic heterocycles. The van der Waals surface area contributed by atoms with Crippen molar-refractivity contribution < 1.29 is 14.2 Å². The molecule has 0 radical (unpaired) electrons. The van der Waals surface area contributed by atoms with Gasteiger partial charge in [-0.05, 0) is 26.7 Å². The smallest absolute Gasteiger partial charge is 0.0976 e. The Morgan fingerprint density at radius 2 is 1.78 bits per heavy atom. The van der Waals surface area contributed by atoms with Crippen molar-refractivity contribution in [2.45, 2.75) is 45.0 Å². The Morgan fingerprint density at radius 1 is 1.17 bits per heavy atom. The minimum absolute atomic E-state index is 0.306. The minimum atomic E-state index is 0.306. The van der Waals surface area contributed by atoms with Crippen LogP contribution in [-0.2, 0) is 14.2 Å². The lowest BCUT2D eigenvalue weighted by atomic mass is 10.1. The molecule has 4 heteroatoms. The summed E-state index contributed by atoms with van der Waals surface area (Å²) in [7, 11) is 0. The van der Waals surface area contributed by atoms with Gasteiger partial charge in [0.25, 0.3) is 0 Å². The summed E-state index contributed by atoms with van der Waals surface area (Å²) in [6.45, 7) is 9.89. The Morgan fingerprint density at radius 3 is 2.28 bits per heavy atom. The molecule has 2 aliphatic heterocycles. The van der Waals surface area contributed by atoms with Crippen LogP contribution in [0.25, 0.3) is 0 Å². The number of ether oxygens (including phenoxy) is 3. The molecule has 0 N–H and O–H groups in total. The van der Waals surface area contributed by atoms with Gasteiger partial charge in [-0.3, -0.25) is 4.90 Å². The Hall–Kier alpha value is -0.160. The summed E-state index contributed by atoms with van der Waals surface area (Å²) in [5, 5.41) is 0. The highest BCUT2D eigenvalue weighted by Crippen LogP contribution is 2.47. The fourth-order valence-corrected chi connectivity index (χ4v) is 3.01. The first-order valence-electron chi connectivity index (χ1n) is 7.24. The summed E-state index contributed by atoms with van der Waals surface area (Å²) in [5.74, 6) is 0. The molecular weight excluding hydrogens is 230 g/mol. The summed E-state index contributed by atoms with van der Waals surface area (Å²) >= 11 is 0. The van der Waals surface area contributed by atoms with Gasteiger partial charge in [0.15, 0.2) is 0 Å². The molecule has 3 fully saturated rings. The summed E-state index contributed by atoms with van der Waals surface area (Å²) in [6, 6.07) is 0. The molecule has 1 saturated carbocycles. The third kappa shape index (κ3) is 2.87. The van der Waals surface area contributed by atoms with Gasteiger partial charge in [-0.25, -0.2) is 0 Å². The molecule has 104 valence electrons. The predicted octanol–water partition coefficient (Wildman–Crippen LogP) is 1.29. The fraction of sp³-hybridized carbons (Fsp3) is 1.00. The molecule has 3 rings (SSSR count). The van der Waals surface area contributed by atoms with Gasteiger partial charge < -0.3 is 14.2 Å². The van der Waals surface area contributed by atoms with Crippen molar-refractivity contribution in [2.24, 2.45) is 5.41 Å². The first kappa shape index (κ1) is 12.9. The monoisotopic (exact) mass is 255 g/mol. The van der Waals surface area contributed by atoms with Gasteiger partial charge in [0.2, 0.25) is 0 Å². The van der Waals surface area contributed by atoms with Crippen LogP contribution in [0.4, 0.5) is 0 Å². The zero-order valence-electron chi connectivity index (χ0n) is 11.6. The predicted molar refractivity (Wildman–Crippen MR) is 68.7 cm³/mol. The SMILES string of the molecule is CC(C)OCC1(CN2CC3OCCOC3C2)CC1. The van der Waals surface area contributed by atoms with Gasteiger partial charge >= 0.3 is 0 Å². The first-order valence-corrected chi connectivity index (χ1v) is 7.24. The van der Waals surface area contributed by atoms with E-state index in [1.54, 1.807) is 0 Å². The van der Waals surface area contributed by atoms with E-state index in [9.17, 15) is 0 Å². The number of likely N-dealkylation sites (tertiary alicyclic amines) is 1. The van der Waals surface area contributed by atoms with Crippen molar-refractivity contribution in [1.82, 2.24) is 4.90 Å². The fourth-order valence-electron chi connectivity index (χ4n) is 3.01. The average Bonchev–Trinajstić information content (AvgIpc) is 2.98. The molecule has 2 atom stereocenters. The third-order valence-corrected chi connectivity index (χ3v) is 4.28. The van der Waals surface area contributed by atoms with Crippen molar-refractivity contribution in [3.8, 4) is 0 Å². The minimum Gasteiger partial charge on any atom is -0.378 e. The lowest BCUT2D eigenvalue weighted by Gasteiger charge is -2.24. The Bertz CT molecular complexity index is 277. The summed E-state index contributed by atoms with van der Waals surface area (Å²) in [5.41, 5.74) is 0.428. The van der Waals surface area contributed by atoms with E-state index in [4.69, 9.17) is 14.2 Å². The van der Waals surface area contributed by atoms with Gasteiger partial charge in [-0.1, -0.05) is 0 Å². The van der Waals surface area contributed by atoms with E-state index in [2.05, 4.69) is 18.7 Å². The molecule has 0 spiro atoms. The molecule has 2 unspecified atom stereocenters. The Balaban J connectivity index is 1.48. The second kappa shape index (κ2) is 5.08. The largest absolute Gasteiger partial charge is 0.378 e. The van der Waals surface area contributed by atoms with E-state index in [0.29, 0.717) is 23.7 Å². The van der Waals surface area contributed by atoms with E-state index in [0.717, 1.165) is 39.5 Å². The molecule has 0 bridgehead atoms. The first-order chi connectivity index (χ1) is 8.67. The molecular formula is C14H25NO3. The van der Waals surface area contributed by atoms with Crippen molar-refractivity contribution in [2.75, 3.05) is 39.5 Å². The summed E-state index contributed by atoms with van der Waals surface area (Å²) < 4.78 is 17.3. The molecule has 2 heterocycles. The second-order valence-electron chi connectivity index (χ2n) is 6.37. The van der Waals surface area contributed by atoms with Crippen molar-refractivity contribution >= 4 is 0 Å². The number of fused-ring (bicyclic) bond motifs is 1. The maximum atomic E-state index is 5.81. The molecule has 1 aliphatic carbocycles. The molecule has 4 nitrogen and oxygen atoms in total. The molecule has 0 amide bonds. The molecule has 2 saturated heterocycles. The van der Waals surface area contributed by atoms with Gasteiger partial charge in [-0.2, -0.15) is 0 Å². The normalized spacial score (nSPS) is 34.8. The van der Waals surface area contributed by atoms with Crippen molar-refractivity contribution in [3.05, 3.63) is 0 Å². The highest BCUT2D eigenvalue weighted by Gasteiger charge is 2.47. The van der Waals surface area contributed by atoms with E-state index in [-0.39, 0.29) is 0 Å². The van der Waals surface area contributed by atoms with Gasteiger partial charge in [-0.15, -0.1) is 0 Å². The van der Waals surface area contributed by atoms with E-state index >= 15 is 0 Å². The molecule has 18 heavy (non-hydrogen) atoms. The zero-order valence-corrected chi connectivity index (χ0v) is 11.6. The molecule has 0 aromatic rings. The maximum absolute atomic E-state index is 5.81. The number of hydrogen-bond donors (Lipinski definition) is 0. The van der Waals surface area contributed by atoms with Crippen LogP contribution < -0.4 is 0 Å². The molecule has 0 aromatic carbocycles. The number of rotatable bonds is 5. The van der Waals surface area contributed by atoms with Crippen LogP contribution in [0.15, 0.2) is 0 Å². The van der Waals surface area contributed by atoms with E-state index < -0.39 is 0 Å². The van der Waals surface area contributed by atoms with Crippen LogP contribution >= 0.6 is 0 Å². The topological polar surface area (TPSA) is 30.9 Å².